The monoisotopic (exact) mass is 233 g/mol. The molecule has 0 saturated heterocycles. The Balaban J connectivity index is 2.22. The summed E-state index contributed by atoms with van der Waals surface area (Å²) in [6.45, 7) is 1.93. The fourth-order valence-corrected chi connectivity index (χ4v) is 2.13. The van der Waals surface area contributed by atoms with Crippen molar-refractivity contribution in [3.8, 4) is 17.2 Å². The number of rotatable bonds is 1. The topological polar surface area (TPSA) is 52.5 Å². The Kier molecular flexibility index (Phi) is 2.35. The number of H-pyrrole nitrogens is 1. The van der Waals surface area contributed by atoms with Crippen molar-refractivity contribution in [2.75, 3.05) is 0 Å². The van der Waals surface area contributed by atoms with E-state index in [1.165, 1.54) is 0 Å². The van der Waals surface area contributed by atoms with Gasteiger partial charge in [0.15, 0.2) is 0 Å². The van der Waals surface area contributed by atoms with Crippen molar-refractivity contribution in [2.24, 2.45) is 0 Å². The van der Waals surface area contributed by atoms with Crippen molar-refractivity contribution in [3.05, 3.63) is 53.9 Å². The van der Waals surface area contributed by atoms with Gasteiger partial charge in [-0.15, -0.1) is 0 Å². The molecule has 0 aliphatic rings. The second kappa shape index (κ2) is 4.01. The highest BCUT2D eigenvalue weighted by Gasteiger charge is 2.06. The summed E-state index contributed by atoms with van der Waals surface area (Å²) in [5, 5.41) is 9.13. The van der Waals surface area contributed by atoms with Crippen LogP contribution < -0.4 is 0 Å². The third-order valence-electron chi connectivity index (χ3n) is 2.96. The van der Waals surface area contributed by atoms with Gasteiger partial charge in [-0.05, 0) is 36.2 Å². The maximum Gasteiger partial charge on any atom is 0.104 e. The van der Waals surface area contributed by atoms with Crippen LogP contribution in [0, 0.1) is 18.3 Å². The van der Waals surface area contributed by atoms with Crippen LogP contribution in [0.1, 0.15) is 11.4 Å². The summed E-state index contributed by atoms with van der Waals surface area (Å²) in [5.74, 6) is 0.899. The van der Waals surface area contributed by atoms with Crippen molar-refractivity contribution >= 4 is 11.0 Å². The van der Waals surface area contributed by atoms with E-state index in [9.17, 15) is 0 Å². The summed E-state index contributed by atoms with van der Waals surface area (Å²) >= 11 is 0. The second-order valence-electron chi connectivity index (χ2n) is 4.21. The number of hydrogen-bond acceptors (Lipinski definition) is 2. The summed E-state index contributed by atoms with van der Waals surface area (Å²) in [6.07, 6.45) is 0. The van der Waals surface area contributed by atoms with Gasteiger partial charge in [-0.25, -0.2) is 4.98 Å². The molecule has 0 atom stereocenters. The lowest BCUT2D eigenvalue weighted by molar-refractivity contribution is 1.17. The van der Waals surface area contributed by atoms with Crippen molar-refractivity contribution in [1.29, 1.82) is 5.26 Å². The number of aromatic nitrogens is 2. The second-order valence-corrected chi connectivity index (χ2v) is 4.21. The van der Waals surface area contributed by atoms with Gasteiger partial charge >= 0.3 is 0 Å². The molecule has 1 N–H and O–H groups in total. The quantitative estimate of drug-likeness (QED) is 0.700. The lowest BCUT2D eigenvalue weighted by Crippen LogP contribution is -1.83. The van der Waals surface area contributed by atoms with Crippen LogP contribution in [-0.4, -0.2) is 9.97 Å². The van der Waals surface area contributed by atoms with Gasteiger partial charge < -0.3 is 4.98 Å². The lowest BCUT2D eigenvalue weighted by Gasteiger charge is -2.03. The van der Waals surface area contributed by atoms with Crippen molar-refractivity contribution in [1.82, 2.24) is 9.97 Å². The minimum atomic E-state index is 0.684. The van der Waals surface area contributed by atoms with E-state index in [0.29, 0.717) is 5.56 Å². The molecule has 3 aromatic rings. The first-order chi connectivity index (χ1) is 8.78. The minimum absolute atomic E-state index is 0.684. The first kappa shape index (κ1) is 10.5. The lowest BCUT2D eigenvalue weighted by atomic mass is 10.0. The zero-order valence-corrected chi connectivity index (χ0v) is 9.94. The largest absolute Gasteiger partial charge is 0.342 e. The number of nitrogens with zero attached hydrogens (tertiary/aromatic N) is 2. The summed E-state index contributed by atoms with van der Waals surface area (Å²) in [7, 11) is 0. The molecular weight excluding hydrogens is 222 g/mol. The molecule has 0 unspecified atom stereocenters. The van der Waals surface area contributed by atoms with Gasteiger partial charge in [-0.1, -0.05) is 24.3 Å². The molecule has 18 heavy (non-hydrogen) atoms. The smallest absolute Gasteiger partial charge is 0.104 e. The highest BCUT2D eigenvalue weighted by molar-refractivity contribution is 5.83. The van der Waals surface area contributed by atoms with E-state index in [4.69, 9.17) is 5.26 Å². The predicted octanol–water partition coefficient (Wildman–Crippen LogP) is 3.41. The van der Waals surface area contributed by atoms with E-state index >= 15 is 0 Å². The van der Waals surface area contributed by atoms with Gasteiger partial charge in [0.05, 0.1) is 22.7 Å². The van der Waals surface area contributed by atoms with Gasteiger partial charge in [-0.3, -0.25) is 0 Å². The molecule has 2 aromatic carbocycles. The fourth-order valence-electron chi connectivity index (χ4n) is 2.13. The number of nitriles is 1. The number of nitrogens with one attached hydrogen (secondary N) is 1. The molecule has 3 heteroatoms. The van der Waals surface area contributed by atoms with Crippen molar-refractivity contribution < 1.29 is 0 Å². The van der Waals surface area contributed by atoms with E-state index in [0.717, 1.165) is 28.0 Å². The Labute approximate surface area is 105 Å². The minimum Gasteiger partial charge on any atom is -0.342 e. The number of hydrogen-bond donors (Lipinski definition) is 1. The first-order valence-electron chi connectivity index (χ1n) is 5.74. The molecule has 1 heterocycles. The van der Waals surface area contributed by atoms with Crippen LogP contribution in [0.4, 0.5) is 0 Å². The van der Waals surface area contributed by atoms with E-state index in [2.05, 4.69) is 16.0 Å². The van der Waals surface area contributed by atoms with Gasteiger partial charge in [0.25, 0.3) is 0 Å². The molecule has 86 valence electrons. The third kappa shape index (κ3) is 1.64. The summed E-state index contributed by atoms with van der Waals surface area (Å²) in [5.41, 5.74) is 4.60. The molecule has 0 aliphatic carbocycles. The summed E-state index contributed by atoms with van der Waals surface area (Å²) in [6, 6.07) is 15.8. The van der Waals surface area contributed by atoms with Crippen LogP contribution in [0.15, 0.2) is 42.5 Å². The number of aryl methyl sites for hydroxylation is 1. The molecule has 0 amide bonds. The van der Waals surface area contributed by atoms with Crippen LogP contribution in [0.5, 0.6) is 0 Å². The molecule has 0 fully saturated rings. The van der Waals surface area contributed by atoms with E-state index in [-0.39, 0.29) is 0 Å². The average Bonchev–Trinajstić information content (AvgIpc) is 2.77. The Morgan fingerprint density at radius 3 is 2.83 bits per heavy atom. The van der Waals surface area contributed by atoms with Gasteiger partial charge in [0.1, 0.15) is 5.82 Å². The molecule has 0 saturated carbocycles. The predicted molar refractivity (Wildman–Crippen MR) is 71.0 cm³/mol. The van der Waals surface area contributed by atoms with E-state index in [1.807, 2.05) is 49.4 Å². The molecule has 3 nitrogen and oxygen atoms in total. The Morgan fingerprint density at radius 1 is 1.17 bits per heavy atom. The van der Waals surface area contributed by atoms with Crippen LogP contribution in [0.3, 0.4) is 0 Å². The normalized spacial score (nSPS) is 10.4. The van der Waals surface area contributed by atoms with Crippen LogP contribution in [-0.2, 0) is 0 Å². The van der Waals surface area contributed by atoms with E-state index < -0.39 is 0 Å². The Morgan fingerprint density at radius 2 is 2.00 bits per heavy atom. The maximum absolute atomic E-state index is 9.13. The standard InChI is InChI=1S/C15H11N3/c1-10-17-14-7-6-11(8-15(14)18-10)13-5-3-2-4-12(13)9-16/h2-8H,1H3,(H,17,18). The highest BCUT2D eigenvalue weighted by Crippen LogP contribution is 2.26. The van der Waals surface area contributed by atoms with E-state index in [1.54, 1.807) is 0 Å². The van der Waals surface area contributed by atoms with Gasteiger partial charge in [0.2, 0.25) is 0 Å². The summed E-state index contributed by atoms with van der Waals surface area (Å²) < 4.78 is 0. The van der Waals surface area contributed by atoms with Gasteiger partial charge in [0, 0.05) is 0 Å². The number of imidazole rings is 1. The molecule has 0 bridgehead atoms. The van der Waals surface area contributed by atoms with Crippen LogP contribution in [0.2, 0.25) is 0 Å². The number of aromatic amines is 1. The molecular formula is C15H11N3. The maximum atomic E-state index is 9.13. The van der Waals surface area contributed by atoms with Crippen LogP contribution in [0.25, 0.3) is 22.2 Å². The molecule has 0 radical (unpaired) electrons. The zero-order valence-electron chi connectivity index (χ0n) is 9.94. The average molecular weight is 233 g/mol. The Hall–Kier alpha value is -2.60. The summed E-state index contributed by atoms with van der Waals surface area (Å²) in [4.78, 5) is 7.61. The molecule has 1 aromatic heterocycles. The number of benzene rings is 2. The molecule has 3 rings (SSSR count). The SMILES string of the molecule is Cc1nc2cc(-c3ccccc3C#N)ccc2[nH]1. The Bertz CT molecular complexity index is 763. The number of fused-ring (bicyclic) bond motifs is 1. The van der Waals surface area contributed by atoms with Crippen LogP contribution >= 0.6 is 0 Å². The third-order valence-corrected chi connectivity index (χ3v) is 2.96. The van der Waals surface area contributed by atoms with Gasteiger partial charge in [-0.2, -0.15) is 5.26 Å². The van der Waals surface area contributed by atoms with Crippen molar-refractivity contribution in [3.63, 3.8) is 0 Å². The highest BCUT2D eigenvalue weighted by atomic mass is 14.9. The van der Waals surface area contributed by atoms with Crippen molar-refractivity contribution in [2.45, 2.75) is 6.92 Å². The molecule has 0 aliphatic heterocycles. The fraction of sp³-hybridized carbons (Fsp3) is 0.0667. The first-order valence-corrected chi connectivity index (χ1v) is 5.74. The molecule has 0 spiro atoms. The zero-order chi connectivity index (χ0) is 12.5.